The molecule has 0 radical (unpaired) electrons. The van der Waals surface area contributed by atoms with Crippen molar-refractivity contribution in [3.05, 3.63) is 108 Å². The van der Waals surface area contributed by atoms with Gasteiger partial charge in [-0.3, -0.25) is 0 Å². The molecule has 0 bridgehead atoms. The molecule has 0 aliphatic rings. The zero-order chi connectivity index (χ0) is 26.7. The monoisotopic (exact) mass is 504 g/mol. The summed E-state index contributed by atoms with van der Waals surface area (Å²) in [6.07, 6.45) is -1.91. The predicted octanol–water partition coefficient (Wildman–Crippen LogP) is 5.32. The van der Waals surface area contributed by atoms with Crippen LogP contribution in [-0.2, 0) is 29.0 Å². The topological polar surface area (TPSA) is 88.1 Å². The van der Waals surface area contributed by atoms with Crippen molar-refractivity contribution in [1.29, 1.82) is 0 Å². The highest BCUT2D eigenvalue weighted by atomic mass is 16.6. The predicted molar refractivity (Wildman–Crippen MR) is 143 cm³/mol. The normalized spacial score (nSPS) is 12.8. The number of hydrogen-bond donors (Lipinski definition) is 2. The largest absolute Gasteiger partial charge is 0.445 e. The number of carbonyl (C=O) groups is 2. The summed E-state index contributed by atoms with van der Waals surface area (Å²) >= 11 is 0. The molecule has 0 aliphatic carbocycles. The third-order valence-corrected chi connectivity index (χ3v) is 5.55. The van der Waals surface area contributed by atoms with E-state index in [-0.39, 0.29) is 19.7 Å². The molecule has 2 atom stereocenters. The molecule has 7 heteroatoms. The van der Waals surface area contributed by atoms with Gasteiger partial charge in [0.1, 0.15) is 12.2 Å². The van der Waals surface area contributed by atoms with Gasteiger partial charge in [0.25, 0.3) is 0 Å². The number of aliphatic hydroxyl groups is 1. The number of ether oxygens (including phenoxy) is 2. The molecule has 0 saturated heterocycles. The number of benzene rings is 3. The fourth-order valence-corrected chi connectivity index (χ4v) is 3.78. The number of amides is 2. The first-order chi connectivity index (χ1) is 17.7. The van der Waals surface area contributed by atoms with Gasteiger partial charge in [-0.2, -0.15) is 0 Å². The van der Waals surface area contributed by atoms with Crippen LogP contribution in [-0.4, -0.2) is 46.5 Å². The van der Waals surface area contributed by atoms with Crippen LogP contribution in [0.1, 0.15) is 37.5 Å². The van der Waals surface area contributed by atoms with Crippen LogP contribution in [0.4, 0.5) is 9.59 Å². The van der Waals surface area contributed by atoms with E-state index >= 15 is 0 Å². The molecule has 0 heterocycles. The highest BCUT2D eigenvalue weighted by molar-refractivity contribution is 5.69. The number of carbonyl (C=O) groups excluding carboxylic acids is 2. The van der Waals surface area contributed by atoms with Gasteiger partial charge in [0.2, 0.25) is 0 Å². The van der Waals surface area contributed by atoms with E-state index in [2.05, 4.69) is 5.32 Å². The minimum atomic E-state index is -1.08. The van der Waals surface area contributed by atoms with E-state index in [0.717, 1.165) is 16.7 Å². The van der Waals surface area contributed by atoms with Crippen LogP contribution in [0.5, 0.6) is 0 Å². The van der Waals surface area contributed by atoms with Gasteiger partial charge in [0, 0.05) is 6.54 Å². The Hall–Kier alpha value is -3.84. The molecule has 2 unspecified atom stereocenters. The third-order valence-electron chi connectivity index (χ3n) is 5.55. The molecule has 0 fully saturated rings. The van der Waals surface area contributed by atoms with Crippen molar-refractivity contribution in [2.24, 2.45) is 0 Å². The first-order valence-electron chi connectivity index (χ1n) is 12.4. The van der Waals surface area contributed by atoms with Crippen molar-refractivity contribution in [3.8, 4) is 0 Å². The lowest BCUT2D eigenvalue weighted by Gasteiger charge is -2.30. The highest BCUT2D eigenvalue weighted by Gasteiger charge is 2.28. The van der Waals surface area contributed by atoms with E-state index in [0.29, 0.717) is 6.42 Å². The van der Waals surface area contributed by atoms with Gasteiger partial charge in [0.05, 0.1) is 18.7 Å². The first-order valence-corrected chi connectivity index (χ1v) is 12.4. The Morgan fingerprint density at radius 2 is 1.35 bits per heavy atom. The molecular formula is C30H36N2O5. The van der Waals surface area contributed by atoms with Gasteiger partial charge in [-0.05, 0) is 43.9 Å². The van der Waals surface area contributed by atoms with E-state index in [1.165, 1.54) is 4.90 Å². The fraction of sp³-hybridized carbons (Fsp3) is 0.333. The molecule has 7 nitrogen and oxygen atoms in total. The Kier molecular flexibility index (Phi) is 10.1. The Bertz CT molecular complexity index is 1100. The SMILES string of the molecule is CC(C)(C)OC(=O)NC(Cc1ccccc1)C(O)CN(Cc1ccccc1)C(=O)OCc1ccccc1. The van der Waals surface area contributed by atoms with Crippen molar-refractivity contribution >= 4 is 12.2 Å². The van der Waals surface area contributed by atoms with Crippen LogP contribution < -0.4 is 5.32 Å². The number of nitrogens with zero attached hydrogens (tertiary/aromatic N) is 1. The van der Waals surface area contributed by atoms with Crippen LogP contribution in [0.3, 0.4) is 0 Å². The minimum absolute atomic E-state index is 0.0458. The Balaban J connectivity index is 1.76. The summed E-state index contributed by atoms with van der Waals surface area (Å²) < 4.78 is 11.0. The maximum Gasteiger partial charge on any atom is 0.410 e. The molecule has 3 rings (SSSR count). The molecule has 2 N–H and O–H groups in total. The van der Waals surface area contributed by atoms with E-state index in [1.807, 2.05) is 91.0 Å². The van der Waals surface area contributed by atoms with E-state index in [1.54, 1.807) is 20.8 Å². The quantitative estimate of drug-likeness (QED) is 0.390. The van der Waals surface area contributed by atoms with Gasteiger partial charge >= 0.3 is 12.2 Å². The summed E-state index contributed by atoms with van der Waals surface area (Å²) in [7, 11) is 0. The molecule has 0 aromatic heterocycles. The summed E-state index contributed by atoms with van der Waals surface area (Å²) in [5.74, 6) is 0. The number of alkyl carbamates (subject to hydrolysis) is 1. The van der Waals surface area contributed by atoms with Crippen LogP contribution >= 0.6 is 0 Å². The molecule has 0 aliphatic heterocycles. The van der Waals surface area contributed by atoms with Gasteiger partial charge in [-0.15, -0.1) is 0 Å². The Labute approximate surface area is 219 Å². The molecule has 196 valence electrons. The molecule has 0 spiro atoms. The molecule has 3 aromatic carbocycles. The number of aliphatic hydroxyl groups excluding tert-OH is 1. The molecule has 0 saturated carbocycles. The molecule has 37 heavy (non-hydrogen) atoms. The number of rotatable bonds is 10. The average molecular weight is 505 g/mol. The zero-order valence-corrected chi connectivity index (χ0v) is 21.7. The minimum Gasteiger partial charge on any atom is -0.445 e. The third kappa shape index (κ3) is 9.97. The van der Waals surface area contributed by atoms with Crippen LogP contribution in [0.15, 0.2) is 91.0 Å². The lowest BCUT2D eigenvalue weighted by atomic mass is 10.0. The Morgan fingerprint density at radius 3 is 1.89 bits per heavy atom. The maximum atomic E-state index is 13.1. The van der Waals surface area contributed by atoms with Crippen LogP contribution in [0, 0.1) is 0 Å². The smallest absolute Gasteiger partial charge is 0.410 e. The van der Waals surface area contributed by atoms with Crippen LogP contribution in [0.2, 0.25) is 0 Å². The summed E-state index contributed by atoms with van der Waals surface area (Å²) in [6, 6.07) is 27.8. The second-order valence-electron chi connectivity index (χ2n) is 9.92. The molecule has 3 aromatic rings. The summed E-state index contributed by atoms with van der Waals surface area (Å²) in [4.78, 5) is 27.2. The van der Waals surface area contributed by atoms with E-state index in [4.69, 9.17) is 9.47 Å². The molecular weight excluding hydrogens is 468 g/mol. The fourth-order valence-electron chi connectivity index (χ4n) is 3.78. The Morgan fingerprint density at radius 1 is 0.838 bits per heavy atom. The van der Waals surface area contributed by atoms with Crippen molar-refractivity contribution in [2.75, 3.05) is 6.54 Å². The number of nitrogens with one attached hydrogen (secondary N) is 1. The summed E-state index contributed by atoms with van der Waals surface area (Å²) in [5, 5.41) is 14.1. The first kappa shape index (κ1) is 27.7. The second kappa shape index (κ2) is 13.5. The standard InChI is InChI=1S/C30H36N2O5/c1-30(2,3)37-28(34)31-26(19-23-13-7-4-8-14-23)27(33)21-32(20-24-15-9-5-10-16-24)29(35)36-22-25-17-11-6-12-18-25/h4-18,26-27,33H,19-22H2,1-3H3,(H,31,34). The highest BCUT2D eigenvalue weighted by Crippen LogP contribution is 2.14. The van der Waals surface area contributed by atoms with Gasteiger partial charge < -0.3 is 24.8 Å². The van der Waals surface area contributed by atoms with Gasteiger partial charge in [-0.1, -0.05) is 91.0 Å². The lowest BCUT2D eigenvalue weighted by Crippen LogP contribution is -2.51. The second-order valence-corrected chi connectivity index (χ2v) is 9.92. The summed E-state index contributed by atoms with van der Waals surface area (Å²) in [5.41, 5.74) is 2.01. The number of hydrogen-bond acceptors (Lipinski definition) is 5. The van der Waals surface area contributed by atoms with Crippen molar-refractivity contribution < 1.29 is 24.2 Å². The maximum absolute atomic E-state index is 13.1. The van der Waals surface area contributed by atoms with Crippen LogP contribution in [0.25, 0.3) is 0 Å². The lowest BCUT2D eigenvalue weighted by molar-refractivity contribution is 0.0327. The zero-order valence-electron chi connectivity index (χ0n) is 21.7. The van der Waals surface area contributed by atoms with Crippen molar-refractivity contribution in [3.63, 3.8) is 0 Å². The van der Waals surface area contributed by atoms with E-state index < -0.39 is 29.9 Å². The van der Waals surface area contributed by atoms with Crippen molar-refractivity contribution in [1.82, 2.24) is 10.2 Å². The van der Waals surface area contributed by atoms with E-state index in [9.17, 15) is 14.7 Å². The average Bonchev–Trinajstić information content (AvgIpc) is 2.87. The summed E-state index contributed by atoms with van der Waals surface area (Å²) in [6.45, 7) is 5.65. The van der Waals surface area contributed by atoms with Gasteiger partial charge in [0.15, 0.2) is 0 Å². The van der Waals surface area contributed by atoms with Crippen molar-refractivity contribution in [2.45, 2.75) is 58.1 Å². The molecule has 2 amide bonds. The van der Waals surface area contributed by atoms with Gasteiger partial charge in [-0.25, -0.2) is 9.59 Å².